The van der Waals surface area contributed by atoms with E-state index in [1.165, 1.54) is 6.92 Å². The second-order valence-electron chi connectivity index (χ2n) is 8.69. The molecule has 0 aromatic rings. The molecule has 4 N–H and O–H groups in total. The number of rotatable bonds is 8. The summed E-state index contributed by atoms with van der Waals surface area (Å²) in [7, 11) is 0. The number of carbonyl (C=O) groups excluding carboxylic acids is 4. The van der Waals surface area contributed by atoms with Crippen molar-refractivity contribution in [3.8, 4) is 0 Å². The van der Waals surface area contributed by atoms with E-state index in [1.807, 2.05) is 27.7 Å². The molecule has 0 aliphatic heterocycles. The first-order valence-electron chi connectivity index (χ1n) is 9.57. The molecule has 0 spiro atoms. The van der Waals surface area contributed by atoms with E-state index in [2.05, 4.69) is 21.5 Å². The van der Waals surface area contributed by atoms with Gasteiger partial charge in [0.25, 0.3) is 5.91 Å². The summed E-state index contributed by atoms with van der Waals surface area (Å²) in [4.78, 5) is 48.2. The zero-order valence-electron chi connectivity index (χ0n) is 18.3. The Morgan fingerprint density at radius 3 is 1.64 bits per heavy atom. The van der Waals surface area contributed by atoms with Crippen LogP contribution in [0, 0.1) is 11.8 Å². The summed E-state index contributed by atoms with van der Waals surface area (Å²) in [6.07, 6.45) is 0.0570. The van der Waals surface area contributed by atoms with Crippen molar-refractivity contribution in [2.24, 2.45) is 11.8 Å². The van der Waals surface area contributed by atoms with Crippen molar-refractivity contribution < 1.29 is 23.9 Å². The van der Waals surface area contributed by atoms with E-state index in [1.54, 1.807) is 20.8 Å². The van der Waals surface area contributed by atoms with Crippen molar-refractivity contribution >= 4 is 23.8 Å². The molecule has 28 heavy (non-hydrogen) atoms. The van der Waals surface area contributed by atoms with Gasteiger partial charge in [-0.25, -0.2) is 4.79 Å². The van der Waals surface area contributed by atoms with Gasteiger partial charge in [0.1, 0.15) is 17.7 Å². The normalized spacial score (nSPS) is 13.5. The molecule has 0 aromatic carbocycles. The Balaban J connectivity index is 5.20. The number of nitrogens with one attached hydrogen (secondary N) is 4. The smallest absolute Gasteiger partial charge is 0.408 e. The minimum atomic E-state index is -0.852. The van der Waals surface area contributed by atoms with Crippen LogP contribution in [0.15, 0.2) is 0 Å². The van der Waals surface area contributed by atoms with Gasteiger partial charge in [-0.1, -0.05) is 27.7 Å². The van der Waals surface area contributed by atoms with Crippen LogP contribution in [0.1, 0.15) is 68.2 Å². The fraction of sp³-hybridized carbons (Fsp3) is 0.789. The van der Waals surface area contributed by atoms with E-state index in [0.29, 0.717) is 12.8 Å². The van der Waals surface area contributed by atoms with Crippen molar-refractivity contribution in [3.63, 3.8) is 0 Å². The first-order chi connectivity index (χ1) is 12.7. The minimum absolute atomic E-state index is 0.121. The third-order valence-corrected chi connectivity index (χ3v) is 3.42. The van der Waals surface area contributed by atoms with Crippen LogP contribution in [0.4, 0.5) is 4.79 Å². The van der Waals surface area contributed by atoms with Gasteiger partial charge in [0, 0.05) is 6.92 Å². The Morgan fingerprint density at radius 2 is 1.25 bits per heavy atom. The number of hydrogen-bond acceptors (Lipinski definition) is 5. The molecule has 0 radical (unpaired) electrons. The van der Waals surface area contributed by atoms with Crippen molar-refractivity contribution in [2.45, 2.75) is 85.9 Å². The maximum absolute atomic E-state index is 12.8. The predicted molar refractivity (Wildman–Crippen MR) is 106 cm³/mol. The van der Waals surface area contributed by atoms with Crippen LogP contribution in [-0.2, 0) is 19.1 Å². The molecule has 0 heterocycles. The van der Waals surface area contributed by atoms with Crippen LogP contribution in [0.25, 0.3) is 0 Å². The molecule has 0 aromatic heterocycles. The third kappa shape index (κ3) is 12.1. The summed E-state index contributed by atoms with van der Waals surface area (Å²) >= 11 is 0. The number of hydrogen-bond donors (Lipinski definition) is 4. The van der Waals surface area contributed by atoms with E-state index in [0.717, 1.165) is 0 Å². The molecule has 162 valence electrons. The average Bonchev–Trinajstić information content (AvgIpc) is 2.48. The maximum Gasteiger partial charge on any atom is 0.408 e. The van der Waals surface area contributed by atoms with Gasteiger partial charge in [0.15, 0.2) is 0 Å². The van der Waals surface area contributed by atoms with Gasteiger partial charge in [-0.3, -0.25) is 25.2 Å². The van der Waals surface area contributed by atoms with E-state index in [4.69, 9.17) is 4.74 Å². The van der Waals surface area contributed by atoms with E-state index >= 15 is 0 Å². The molecule has 9 heteroatoms. The van der Waals surface area contributed by atoms with E-state index in [-0.39, 0.29) is 11.8 Å². The maximum atomic E-state index is 12.8. The van der Waals surface area contributed by atoms with Crippen LogP contribution in [-0.4, -0.2) is 41.5 Å². The molecule has 2 atom stereocenters. The Kier molecular flexibility index (Phi) is 10.6. The highest BCUT2D eigenvalue weighted by atomic mass is 16.6. The van der Waals surface area contributed by atoms with E-state index < -0.39 is 41.5 Å². The highest BCUT2D eigenvalue weighted by Gasteiger charge is 2.29. The van der Waals surface area contributed by atoms with Gasteiger partial charge in [0.05, 0.1) is 0 Å². The lowest BCUT2D eigenvalue weighted by Crippen LogP contribution is -2.56. The molecular weight excluding hydrogens is 364 g/mol. The van der Waals surface area contributed by atoms with E-state index in [9.17, 15) is 19.2 Å². The SMILES string of the molecule is CC(=O)NNC(=O)C(CC(C)C)NC(=O)C(CC(C)C)NC(=O)OC(C)(C)C. The summed E-state index contributed by atoms with van der Waals surface area (Å²) in [6.45, 7) is 14.1. The van der Waals surface area contributed by atoms with Gasteiger partial charge < -0.3 is 15.4 Å². The highest BCUT2D eigenvalue weighted by molar-refractivity contribution is 5.92. The molecule has 0 fully saturated rings. The van der Waals surface area contributed by atoms with Crippen LogP contribution in [0.3, 0.4) is 0 Å². The molecule has 0 aliphatic carbocycles. The molecule has 2 unspecified atom stereocenters. The predicted octanol–water partition coefficient (Wildman–Crippen LogP) is 1.62. The molecular formula is C19H36N4O5. The number of hydrazine groups is 1. The zero-order chi connectivity index (χ0) is 22.1. The monoisotopic (exact) mass is 400 g/mol. The van der Waals surface area contributed by atoms with Gasteiger partial charge in [-0.2, -0.15) is 0 Å². The first kappa shape index (κ1) is 25.7. The molecule has 0 saturated carbocycles. The van der Waals surface area contributed by atoms with Crippen molar-refractivity contribution in [3.05, 3.63) is 0 Å². The number of carbonyl (C=O) groups is 4. The first-order valence-corrected chi connectivity index (χ1v) is 9.57. The molecule has 0 saturated heterocycles. The largest absolute Gasteiger partial charge is 0.444 e. The molecule has 0 aliphatic rings. The fourth-order valence-electron chi connectivity index (χ4n) is 2.36. The van der Waals surface area contributed by atoms with Crippen LogP contribution in [0.5, 0.6) is 0 Å². The van der Waals surface area contributed by atoms with Crippen molar-refractivity contribution in [2.75, 3.05) is 0 Å². The van der Waals surface area contributed by atoms with Crippen LogP contribution < -0.4 is 21.5 Å². The number of amides is 4. The summed E-state index contributed by atoms with van der Waals surface area (Å²) in [5.74, 6) is -1.19. The molecule has 0 bridgehead atoms. The zero-order valence-corrected chi connectivity index (χ0v) is 18.3. The van der Waals surface area contributed by atoms with Crippen molar-refractivity contribution in [1.82, 2.24) is 21.5 Å². The Hall–Kier alpha value is -2.32. The average molecular weight is 401 g/mol. The van der Waals surface area contributed by atoms with Crippen LogP contribution in [0.2, 0.25) is 0 Å². The lowest BCUT2D eigenvalue weighted by atomic mass is 10.0. The topological polar surface area (TPSA) is 126 Å². The standard InChI is InChI=1S/C19H36N4O5/c1-11(2)9-14(21-18(27)28-19(6,7)8)16(25)20-15(10-12(3)4)17(26)23-22-13(5)24/h11-12,14-15H,9-10H2,1-8H3,(H,20,25)(H,21,27)(H,22,24)(H,23,26). The number of ether oxygens (including phenoxy) is 1. The fourth-order valence-corrected chi connectivity index (χ4v) is 2.36. The van der Waals surface area contributed by atoms with Crippen LogP contribution >= 0.6 is 0 Å². The van der Waals surface area contributed by atoms with Gasteiger partial charge in [-0.05, 0) is 45.4 Å². The Morgan fingerprint density at radius 1 is 0.786 bits per heavy atom. The molecule has 0 rings (SSSR count). The second-order valence-corrected chi connectivity index (χ2v) is 8.69. The third-order valence-electron chi connectivity index (χ3n) is 3.42. The highest BCUT2D eigenvalue weighted by Crippen LogP contribution is 2.11. The Labute approximate surface area is 167 Å². The van der Waals surface area contributed by atoms with Crippen molar-refractivity contribution in [1.29, 1.82) is 0 Å². The minimum Gasteiger partial charge on any atom is -0.444 e. The van der Waals surface area contributed by atoms with Gasteiger partial charge >= 0.3 is 6.09 Å². The number of alkyl carbamates (subject to hydrolysis) is 1. The summed E-state index contributed by atoms with van der Waals surface area (Å²) < 4.78 is 5.23. The summed E-state index contributed by atoms with van der Waals surface area (Å²) in [6, 6.07) is -1.70. The van der Waals surface area contributed by atoms with Gasteiger partial charge in [-0.15, -0.1) is 0 Å². The summed E-state index contributed by atoms with van der Waals surface area (Å²) in [5, 5.41) is 5.25. The quantitative estimate of drug-likeness (QED) is 0.461. The lowest BCUT2D eigenvalue weighted by molar-refractivity contribution is -0.132. The second kappa shape index (κ2) is 11.5. The van der Waals surface area contributed by atoms with Gasteiger partial charge in [0.2, 0.25) is 11.8 Å². The molecule has 9 nitrogen and oxygen atoms in total. The lowest BCUT2D eigenvalue weighted by Gasteiger charge is -2.26. The summed E-state index contributed by atoms with van der Waals surface area (Å²) in [5.41, 5.74) is 3.80. The Bertz CT molecular complexity index is 555. The molecule has 4 amide bonds.